The van der Waals surface area contributed by atoms with Crippen molar-refractivity contribution in [2.45, 2.75) is 20.4 Å². The first-order chi connectivity index (χ1) is 17.2. The Morgan fingerprint density at radius 2 is 1.23 bits per heavy atom. The van der Waals surface area contributed by atoms with Gasteiger partial charge in [0.1, 0.15) is 0 Å². The average molecular weight is 564 g/mol. The number of rotatable bonds is 7. The summed E-state index contributed by atoms with van der Waals surface area (Å²) in [7, 11) is 0. The summed E-state index contributed by atoms with van der Waals surface area (Å²) in [6, 6.07) is 39.0. The summed E-state index contributed by atoms with van der Waals surface area (Å²) in [6.07, 6.45) is 4.35. The van der Waals surface area contributed by atoms with E-state index in [4.69, 9.17) is 10.3 Å². The molecule has 3 nitrogen and oxygen atoms in total. The average Bonchev–Trinajstić information content (AvgIpc) is 3.31. The third kappa shape index (κ3) is 5.47. The van der Waals surface area contributed by atoms with E-state index in [1.54, 1.807) is 0 Å². The van der Waals surface area contributed by atoms with E-state index in [1.165, 1.54) is 27.4 Å². The number of benzene rings is 4. The molecule has 0 saturated carbocycles. The van der Waals surface area contributed by atoms with Crippen molar-refractivity contribution in [1.29, 1.82) is 0 Å². The summed E-state index contributed by atoms with van der Waals surface area (Å²) in [4.78, 5) is 0. The normalized spacial score (nSPS) is 11.4. The van der Waals surface area contributed by atoms with Gasteiger partial charge < -0.3 is 0 Å². The van der Waals surface area contributed by atoms with Gasteiger partial charge in [0.05, 0.1) is 0 Å². The van der Waals surface area contributed by atoms with Crippen LogP contribution < -0.4 is 10.7 Å². The number of aromatic nitrogens is 3. The molecule has 0 radical (unpaired) electrons. The Morgan fingerprint density at radius 1 is 0.686 bits per heavy atom. The van der Waals surface area contributed by atoms with Crippen molar-refractivity contribution >= 4 is 36.9 Å². The quantitative estimate of drug-likeness (QED) is 0.267. The molecule has 0 bridgehead atoms. The third-order valence-electron chi connectivity index (χ3n) is 5.94. The monoisotopic (exact) mass is 563 g/mol. The molecule has 1 aromatic heterocycles. The molecule has 0 aliphatic heterocycles. The van der Waals surface area contributed by atoms with E-state index in [0.717, 1.165) is 11.3 Å². The van der Waals surface area contributed by atoms with Gasteiger partial charge in [0.15, 0.2) is 0 Å². The van der Waals surface area contributed by atoms with Gasteiger partial charge in [-0.2, -0.15) is 0 Å². The molecule has 4 heteroatoms. The van der Waals surface area contributed by atoms with Crippen LogP contribution in [0, 0.1) is 13.8 Å². The van der Waals surface area contributed by atoms with E-state index in [0.29, 0.717) is 6.54 Å². The summed E-state index contributed by atoms with van der Waals surface area (Å²) in [6.45, 7) is 4.97. The Kier molecular flexibility index (Phi) is 7.25. The Morgan fingerprint density at radius 3 is 1.80 bits per heavy atom. The van der Waals surface area contributed by atoms with Gasteiger partial charge in [0.2, 0.25) is 0 Å². The van der Waals surface area contributed by atoms with Gasteiger partial charge in [0, 0.05) is 0 Å². The number of allylic oxidation sites excluding steroid dienone is 1. The van der Waals surface area contributed by atoms with Gasteiger partial charge >= 0.3 is 216 Å². The van der Waals surface area contributed by atoms with Crippen LogP contribution in [0.4, 0.5) is 0 Å². The SMILES string of the molecule is Cc1cc[c]([Sb]([c]2ccc(C)cc2)[c]2c(-c3ccccc3)nnn2C/C=C\c2ccccc2)cc1. The molecule has 0 spiro atoms. The van der Waals surface area contributed by atoms with Gasteiger partial charge in [-0.15, -0.1) is 0 Å². The van der Waals surface area contributed by atoms with Gasteiger partial charge in [0.25, 0.3) is 0 Å². The van der Waals surface area contributed by atoms with Gasteiger partial charge in [-0.05, 0) is 0 Å². The second-order valence-electron chi connectivity index (χ2n) is 8.63. The maximum absolute atomic E-state index is 4.74. The van der Waals surface area contributed by atoms with Crippen molar-refractivity contribution < 1.29 is 0 Å². The molecule has 0 fully saturated rings. The molecule has 5 aromatic rings. The summed E-state index contributed by atoms with van der Waals surface area (Å²) in [5.41, 5.74) is 5.86. The van der Waals surface area contributed by atoms with Gasteiger partial charge in [-0.1, -0.05) is 0 Å². The van der Waals surface area contributed by atoms with E-state index < -0.39 is 20.2 Å². The van der Waals surface area contributed by atoms with Crippen molar-refractivity contribution in [2.24, 2.45) is 0 Å². The second-order valence-corrected chi connectivity index (χ2v) is 14.7. The summed E-state index contributed by atoms with van der Waals surface area (Å²) in [5, 5.41) is 9.44. The molecule has 172 valence electrons. The molecule has 0 aliphatic carbocycles. The van der Waals surface area contributed by atoms with E-state index >= 15 is 0 Å². The van der Waals surface area contributed by atoms with Crippen LogP contribution in [-0.2, 0) is 6.54 Å². The minimum atomic E-state index is -2.46. The molecule has 0 atom stereocenters. The van der Waals surface area contributed by atoms with Crippen LogP contribution in [-0.4, -0.2) is 35.2 Å². The molecular weight excluding hydrogens is 536 g/mol. The van der Waals surface area contributed by atoms with E-state index in [2.05, 4.69) is 134 Å². The predicted octanol–water partition coefficient (Wildman–Crippen LogP) is 4.79. The standard InChI is InChI=1S/C17H14N3.2C7H7.Sb/c1-3-8-15(9-4-1)10-7-13-20-14-17(18-19-20)16-11-5-2-6-12-16;2*1-7-5-3-2-4-6-7;/h1-12H,13H2;2*3-6H,1H3;/b10-7-;;;. The first-order valence-electron chi connectivity index (χ1n) is 11.8. The zero-order valence-electron chi connectivity index (χ0n) is 20.0. The maximum atomic E-state index is 4.74. The Bertz CT molecular complexity index is 1360. The fourth-order valence-electron chi connectivity index (χ4n) is 4.07. The van der Waals surface area contributed by atoms with Crippen molar-refractivity contribution in [3.63, 3.8) is 0 Å². The molecule has 1 heterocycles. The van der Waals surface area contributed by atoms with E-state index in [1.807, 2.05) is 6.07 Å². The van der Waals surface area contributed by atoms with Crippen LogP contribution in [0.25, 0.3) is 17.3 Å². The summed E-state index contributed by atoms with van der Waals surface area (Å²) < 4.78 is 6.24. The van der Waals surface area contributed by atoms with Gasteiger partial charge in [-0.3, -0.25) is 0 Å². The predicted molar refractivity (Wildman–Crippen MR) is 148 cm³/mol. The molecule has 0 aliphatic rings. The first-order valence-corrected chi connectivity index (χ1v) is 15.7. The molecule has 0 amide bonds. The van der Waals surface area contributed by atoms with Crippen LogP contribution in [0.15, 0.2) is 115 Å². The molecule has 4 aromatic carbocycles. The fraction of sp³-hybridized carbons (Fsp3) is 0.0968. The number of hydrogen-bond donors (Lipinski definition) is 0. The topological polar surface area (TPSA) is 30.7 Å². The van der Waals surface area contributed by atoms with Crippen LogP contribution in [0.1, 0.15) is 16.7 Å². The molecule has 0 N–H and O–H groups in total. The van der Waals surface area contributed by atoms with Crippen molar-refractivity contribution in [1.82, 2.24) is 15.0 Å². The Labute approximate surface area is 214 Å². The fourth-order valence-corrected chi connectivity index (χ4v) is 11.0. The Hall–Kier alpha value is -3.42. The van der Waals surface area contributed by atoms with Crippen molar-refractivity contribution in [3.05, 3.63) is 132 Å². The molecular formula is C31H28N3Sb. The van der Waals surface area contributed by atoms with Gasteiger partial charge in [-0.25, -0.2) is 0 Å². The molecule has 5 rings (SSSR count). The minimum absolute atomic E-state index is 0.683. The van der Waals surface area contributed by atoms with Crippen LogP contribution in [0.2, 0.25) is 0 Å². The molecule has 0 saturated heterocycles. The summed E-state index contributed by atoms with van der Waals surface area (Å²) in [5.74, 6) is 0. The number of aryl methyl sites for hydroxylation is 2. The zero-order valence-corrected chi connectivity index (χ0v) is 22.6. The van der Waals surface area contributed by atoms with E-state index in [9.17, 15) is 0 Å². The zero-order chi connectivity index (χ0) is 24.0. The Balaban J connectivity index is 1.65. The molecule has 0 unspecified atom stereocenters. The van der Waals surface area contributed by atoms with E-state index in [-0.39, 0.29) is 0 Å². The first kappa shape index (κ1) is 23.3. The van der Waals surface area contributed by atoms with Crippen LogP contribution in [0.5, 0.6) is 0 Å². The third-order valence-corrected chi connectivity index (χ3v) is 13.1. The number of nitrogens with zero attached hydrogens (tertiary/aromatic N) is 3. The molecule has 35 heavy (non-hydrogen) atoms. The van der Waals surface area contributed by atoms with Crippen molar-refractivity contribution in [3.8, 4) is 11.3 Å². The van der Waals surface area contributed by atoms with Crippen molar-refractivity contribution in [2.75, 3.05) is 0 Å². The second kappa shape index (κ2) is 10.9. The van der Waals surface area contributed by atoms with Crippen LogP contribution >= 0.6 is 0 Å². The summed E-state index contributed by atoms with van der Waals surface area (Å²) >= 11 is -2.46. The van der Waals surface area contributed by atoms with Crippen LogP contribution in [0.3, 0.4) is 0 Å². The number of hydrogen-bond acceptors (Lipinski definition) is 2.